The zero-order chi connectivity index (χ0) is 15.7. The van der Waals surface area contributed by atoms with Crippen LogP contribution in [0.25, 0.3) is 0 Å². The molecule has 0 unspecified atom stereocenters. The Bertz CT molecular complexity index is 534. The number of nitrogens with two attached hydrogens (primary N) is 1. The lowest BCUT2D eigenvalue weighted by Crippen LogP contribution is -2.36. The molecule has 0 atom stereocenters. The normalized spacial score (nSPS) is 10.1. The molecule has 4 nitrogen and oxygen atoms in total. The van der Waals surface area contributed by atoms with Crippen LogP contribution >= 0.6 is 0 Å². The number of likely N-dealkylation sites (N-methyl/N-ethyl adjacent to an activating group) is 2. The van der Waals surface area contributed by atoms with Crippen LogP contribution < -0.4 is 11.1 Å². The van der Waals surface area contributed by atoms with Gasteiger partial charge in [0.15, 0.2) is 0 Å². The molecular formula is C16H22FN3O. The van der Waals surface area contributed by atoms with Crippen molar-refractivity contribution in [3.05, 3.63) is 35.1 Å². The van der Waals surface area contributed by atoms with E-state index in [1.54, 1.807) is 6.07 Å². The van der Waals surface area contributed by atoms with Crippen molar-refractivity contribution < 1.29 is 9.18 Å². The molecule has 1 aromatic carbocycles. The van der Waals surface area contributed by atoms with Gasteiger partial charge in [-0.2, -0.15) is 0 Å². The molecule has 0 aliphatic carbocycles. The summed E-state index contributed by atoms with van der Waals surface area (Å²) < 4.78 is 13.3. The minimum absolute atomic E-state index is 0.0175. The fourth-order valence-electron chi connectivity index (χ4n) is 1.93. The summed E-state index contributed by atoms with van der Waals surface area (Å²) in [5, 5.41) is 2.77. The summed E-state index contributed by atoms with van der Waals surface area (Å²) in [5.74, 6) is 5.27. The zero-order valence-electron chi connectivity index (χ0n) is 12.6. The first-order valence-corrected chi connectivity index (χ1v) is 7.07. The molecule has 0 saturated heterocycles. The van der Waals surface area contributed by atoms with Crippen LogP contribution in [0.15, 0.2) is 18.2 Å². The third kappa shape index (κ3) is 5.94. The van der Waals surface area contributed by atoms with Crippen LogP contribution in [0, 0.1) is 17.7 Å². The van der Waals surface area contributed by atoms with E-state index in [2.05, 4.69) is 17.2 Å². The highest BCUT2D eigenvalue weighted by Gasteiger charge is 2.11. The van der Waals surface area contributed by atoms with E-state index < -0.39 is 0 Å². The van der Waals surface area contributed by atoms with E-state index in [9.17, 15) is 9.18 Å². The largest absolute Gasteiger partial charge is 0.355 e. The van der Waals surface area contributed by atoms with Gasteiger partial charge in [-0.15, -0.1) is 0 Å². The van der Waals surface area contributed by atoms with E-state index in [4.69, 9.17) is 5.73 Å². The zero-order valence-corrected chi connectivity index (χ0v) is 12.6. The Balaban J connectivity index is 2.86. The number of nitrogens with one attached hydrogen (secondary N) is 1. The lowest BCUT2D eigenvalue weighted by molar-refractivity contribution is -0.122. The Labute approximate surface area is 125 Å². The minimum Gasteiger partial charge on any atom is -0.355 e. The molecule has 0 radical (unpaired) electrons. The third-order valence-electron chi connectivity index (χ3n) is 2.98. The smallest absolute Gasteiger partial charge is 0.234 e. The van der Waals surface area contributed by atoms with Crippen LogP contribution in [-0.2, 0) is 11.3 Å². The summed E-state index contributed by atoms with van der Waals surface area (Å²) in [6, 6.07) is 4.51. The monoisotopic (exact) mass is 291 g/mol. The molecule has 1 rings (SSSR count). The fraction of sp³-hybridized carbons (Fsp3) is 0.438. The van der Waals surface area contributed by atoms with Crippen molar-refractivity contribution >= 4 is 5.91 Å². The van der Waals surface area contributed by atoms with E-state index in [-0.39, 0.29) is 18.3 Å². The van der Waals surface area contributed by atoms with Gasteiger partial charge < -0.3 is 11.1 Å². The molecular weight excluding hydrogens is 269 g/mol. The molecule has 114 valence electrons. The van der Waals surface area contributed by atoms with Crippen LogP contribution in [0.2, 0.25) is 0 Å². The Kier molecular flexibility index (Phi) is 7.44. The molecule has 3 N–H and O–H groups in total. The van der Waals surface area contributed by atoms with Gasteiger partial charge in [-0.05, 0) is 31.2 Å². The number of hydrogen-bond acceptors (Lipinski definition) is 3. The topological polar surface area (TPSA) is 58.4 Å². The highest BCUT2D eigenvalue weighted by atomic mass is 19.1. The minimum atomic E-state index is -0.327. The summed E-state index contributed by atoms with van der Waals surface area (Å²) in [5.41, 5.74) is 6.87. The van der Waals surface area contributed by atoms with E-state index >= 15 is 0 Å². The molecule has 1 amide bonds. The fourth-order valence-corrected chi connectivity index (χ4v) is 1.93. The van der Waals surface area contributed by atoms with Crippen molar-refractivity contribution in [3.8, 4) is 11.8 Å². The van der Waals surface area contributed by atoms with Gasteiger partial charge in [-0.25, -0.2) is 4.39 Å². The highest BCUT2D eigenvalue weighted by molar-refractivity contribution is 5.77. The lowest BCUT2D eigenvalue weighted by atomic mass is 10.1. The van der Waals surface area contributed by atoms with Crippen LogP contribution in [0.5, 0.6) is 0 Å². The number of amides is 1. The molecule has 0 bridgehead atoms. The van der Waals surface area contributed by atoms with E-state index in [1.807, 2.05) is 18.7 Å². The first kappa shape index (κ1) is 17.2. The van der Waals surface area contributed by atoms with Crippen molar-refractivity contribution in [1.82, 2.24) is 10.2 Å². The van der Waals surface area contributed by atoms with Crippen molar-refractivity contribution in [1.29, 1.82) is 0 Å². The molecule has 0 saturated carbocycles. The summed E-state index contributed by atoms with van der Waals surface area (Å²) in [6.45, 7) is 6.28. The number of benzene rings is 1. The van der Waals surface area contributed by atoms with Gasteiger partial charge in [0, 0.05) is 18.7 Å². The average molecular weight is 291 g/mol. The van der Waals surface area contributed by atoms with Gasteiger partial charge in [-0.1, -0.05) is 24.8 Å². The standard InChI is InChI=1S/C16H22FN3O/c1-3-19-16(21)12-20(4-2)11-14-7-8-15(17)10-13(14)6-5-9-18/h7-8,10H,3-4,9,11-12,18H2,1-2H3,(H,19,21). The maximum Gasteiger partial charge on any atom is 0.234 e. The van der Waals surface area contributed by atoms with Gasteiger partial charge in [0.1, 0.15) is 5.82 Å². The SMILES string of the molecule is CCNC(=O)CN(CC)Cc1ccc(F)cc1C#CCN. The second-order valence-electron chi connectivity index (χ2n) is 4.56. The summed E-state index contributed by atoms with van der Waals surface area (Å²) in [6.07, 6.45) is 0. The molecule has 21 heavy (non-hydrogen) atoms. The maximum atomic E-state index is 13.3. The number of nitrogens with zero attached hydrogens (tertiary/aromatic N) is 1. The average Bonchev–Trinajstić information content (AvgIpc) is 2.46. The number of carbonyl (C=O) groups excluding carboxylic acids is 1. The molecule has 0 heterocycles. The van der Waals surface area contributed by atoms with Crippen LogP contribution in [0.1, 0.15) is 25.0 Å². The lowest BCUT2D eigenvalue weighted by Gasteiger charge is -2.20. The van der Waals surface area contributed by atoms with E-state index in [0.717, 1.165) is 12.1 Å². The third-order valence-corrected chi connectivity index (χ3v) is 2.98. The second-order valence-corrected chi connectivity index (χ2v) is 4.56. The first-order chi connectivity index (χ1) is 10.1. The molecule has 0 aliphatic heterocycles. The van der Waals surface area contributed by atoms with Crippen molar-refractivity contribution in [3.63, 3.8) is 0 Å². The number of carbonyl (C=O) groups is 1. The Morgan fingerprint density at radius 1 is 1.43 bits per heavy atom. The van der Waals surface area contributed by atoms with Crippen LogP contribution in [-0.4, -0.2) is 37.0 Å². The Morgan fingerprint density at radius 2 is 2.19 bits per heavy atom. The van der Waals surface area contributed by atoms with Crippen molar-refractivity contribution in [2.45, 2.75) is 20.4 Å². The van der Waals surface area contributed by atoms with Crippen molar-refractivity contribution in [2.75, 3.05) is 26.2 Å². The molecule has 0 aliphatic rings. The van der Waals surface area contributed by atoms with E-state index in [0.29, 0.717) is 25.2 Å². The Hall–Kier alpha value is -1.90. The maximum absolute atomic E-state index is 13.3. The van der Waals surface area contributed by atoms with Gasteiger partial charge in [0.25, 0.3) is 0 Å². The predicted octanol–water partition coefficient (Wildman–Crippen LogP) is 1.09. The van der Waals surface area contributed by atoms with Crippen molar-refractivity contribution in [2.24, 2.45) is 5.73 Å². The van der Waals surface area contributed by atoms with Gasteiger partial charge in [-0.3, -0.25) is 9.69 Å². The second kappa shape index (κ2) is 9.11. The number of hydrogen-bond donors (Lipinski definition) is 2. The number of halogens is 1. The summed E-state index contributed by atoms with van der Waals surface area (Å²) in [7, 11) is 0. The molecule has 1 aromatic rings. The van der Waals surface area contributed by atoms with Gasteiger partial charge in [0.2, 0.25) is 5.91 Å². The molecule has 0 fully saturated rings. The highest BCUT2D eigenvalue weighted by Crippen LogP contribution is 2.13. The van der Waals surface area contributed by atoms with Gasteiger partial charge in [0.05, 0.1) is 13.1 Å². The van der Waals surface area contributed by atoms with Crippen LogP contribution in [0.4, 0.5) is 4.39 Å². The molecule has 0 aromatic heterocycles. The summed E-state index contributed by atoms with van der Waals surface area (Å²) in [4.78, 5) is 13.6. The van der Waals surface area contributed by atoms with Crippen LogP contribution in [0.3, 0.4) is 0 Å². The molecule has 5 heteroatoms. The number of rotatable bonds is 6. The van der Waals surface area contributed by atoms with Gasteiger partial charge >= 0.3 is 0 Å². The quantitative estimate of drug-likeness (QED) is 0.772. The van der Waals surface area contributed by atoms with E-state index in [1.165, 1.54) is 12.1 Å². The summed E-state index contributed by atoms with van der Waals surface area (Å²) >= 11 is 0. The Morgan fingerprint density at radius 3 is 2.81 bits per heavy atom. The molecule has 0 spiro atoms. The predicted molar refractivity (Wildman–Crippen MR) is 82.0 cm³/mol. The first-order valence-electron chi connectivity index (χ1n) is 7.07.